The van der Waals surface area contributed by atoms with Crippen molar-refractivity contribution in [3.8, 4) is 0 Å². The number of hydrogen-bond acceptors (Lipinski definition) is 5. The predicted molar refractivity (Wildman–Crippen MR) is 275 cm³/mol. The summed E-state index contributed by atoms with van der Waals surface area (Å²) < 4.78 is 6.33. The topological polar surface area (TPSA) is 44.8 Å². The van der Waals surface area contributed by atoms with E-state index in [0.29, 0.717) is 0 Å². The Hall–Kier alpha value is -5.55. The zero-order valence-corrected chi connectivity index (χ0v) is 41.8. The van der Waals surface area contributed by atoms with Crippen LogP contribution in [-0.4, -0.2) is 32.2 Å². The number of anilines is 5. The number of hydrogen-bond donors (Lipinski definition) is 1. The van der Waals surface area contributed by atoms with E-state index in [2.05, 4.69) is 228 Å². The van der Waals surface area contributed by atoms with E-state index in [-0.39, 0.29) is 35.4 Å². The van der Waals surface area contributed by atoms with Crippen LogP contribution in [0, 0.1) is 58.3 Å². The first-order valence-electron chi connectivity index (χ1n) is 23.5. The van der Waals surface area contributed by atoms with E-state index in [0.717, 1.165) is 35.3 Å². The molecule has 0 saturated heterocycles. The van der Waals surface area contributed by atoms with Crippen LogP contribution in [0.25, 0.3) is 10.8 Å². The quantitative estimate of drug-likeness (QED) is 0.0776. The highest BCUT2D eigenvalue weighted by Crippen LogP contribution is 2.44. The van der Waals surface area contributed by atoms with Gasteiger partial charge in [0.1, 0.15) is 6.10 Å². The molecule has 0 radical (unpaired) electrons. The molecule has 3 atom stereocenters. The third kappa shape index (κ3) is 10.0. The first kappa shape index (κ1) is 47.9. The van der Waals surface area contributed by atoms with Crippen LogP contribution in [0.4, 0.5) is 28.4 Å². The van der Waals surface area contributed by atoms with Crippen LogP contribution in [0.2, 0.25) is 0 Å². The first-order chi connectivity index (χ1) is 30.1. The Labute approximate surface area is 386 Å². The first-order valence-corrected chi connectivity index (χ1v) is 23.5. The Morgan fingerprint density at radius 3 is 1.48 bits per heavy atom. The molecule has 6 rings (SSSR count). The number of nitrogens with one attached hydrogen (secondary N) is 1. The summed E-state index contributed by atoms with van der Waals surface area (Å²) >= 11 is 0. The molecule has 5 heteroatoms. The van der Waals surface area contributed by atoms with Crippen molar-refractivity contribution in [3.63, 3.8) is 0 Å². The molecule has 64 heavy (non-hydrogen) atoms. The third-order valence-electron chi connectivity index (χ3n) is 14.4. The monoisotopic (exact) mass is 858 g/mol. The summed E-state index contributed by atoms with van der Waals surface area (Å²) in [7, 11) is 4.34. The molecule has 0 bridgehead atoms. The SMILES string of the molecule is CCC(C)(C)CC(C)(C(=O)OC(C)C(C)Nc1ccc(C(c2ccc(N(C)c3c(C)cc(C)cc3C)cc2)c2ccc(N(C)c3c(C)cc(C)cc3C)cc2)c2ccccc12)C(C)C. The summed E-state index contributed by atoms with van der Waals surface area (Å²) in [6.45, 7) is 30.3. The van der Waals surface area contributed by atoms with Crippen LogP contribution in [0.5, 0.6) is 0 Å². The maximum absolute atomic E-state index is 14.0. The van der Waals surface area contributed by atoms with Crippen LogP contribution >= 0.6 is 0 Å². The van der Waals surface area contributed by atoms with Crippen molar-refractivity contribution in [2.24, 2.45) is 16.7 Å². The second kappa shape index (κ2) is 19.3. The van der Waals surface area contributed by atoms with E-state index in [1.165, 1.54) is 66.8 Å². The molecule has 6 aromatic rings. The lowest BCUT2D eigenvalue weighted by atomic mass is 9.67. The van der Waals surface area contributed by atoms with Gasteiger partial charge in [-0.15, -0.1) is 0 Å². The van der Waals surface area contributed by atoms with Gasteiger partial charge in [0.15, 0.2) is 0 Å². The Kier molecular flexibility index (Phi) is 14.4. The lowest BCUT2D eigenvalue weighted by Crippen LogP contribution is -2.43. The van der Waals surface area contributed by atoms with E-state index in [1.54, 1.807) is 0 Å². The van der Waals surface area contributed by atoms with E-state index in [1.807, 2.05) is 6.92 Å². The van der Waals surface area contributed by atoms with Crippen molar-refractivity contribution in [1.82, 2.24) is 0 Å². The van der Waals surface area contributed by atoms with E-state index in [4.69, 9.17) is 4.74 Å². The summed E-state index contributed by atoms with van der Waals surface area (Å²) in [4.78, 5) is 18.6. The average molecular weight is 858 g/mol. The van der Waals surface area contributed by atoms with Gasteiger partial charge in [-0.1, -0.05) is 131 Å². The Balaban J connectivity index is 1.38. The highest BCUT2D eigenvalue weighted by molar-refractivity contribution is 5.97. The van der Waals surface area contributed by atoms with Gasteiger partial charge < -0.3 is 19.9 Å². The largest absolute Gasteiger partial charge is 0.460 e. The van der Waals surface area contributed by atoms with Gasteiger partial charge in [0.2, 0.25) is 0 Å². The molecule has 0 aromatic heterocycles. The molecular weight excluding hydrogens is 783 g/mol. The number of ether oxygens (including phenoxy) is 1. The number of aryl methyl sites for hydroxylation is 6. The molecule has 0 heterocycles. The summed E-state index contributed by atoms with van der Waals surface area (Å²) in [5.41, 5.74) is 16.6. The molecule has 3 unspecified atom stereocenters. The number of esters is 1. The van der Waals surface area contributed by atoms with Crippen molar-refractivity contribution in [2.45, 2.75) is 128 Å². The van der Waals surface area contributed by atoms with Gasteiger partial charge in [-0.2, -0.15) is 0 Å². The zero-order chi connectivity index (χ0) is 46.8. The van der Waals surface area contributed by atoms with Crippen molar-refractivity contribution in [1.29, 1.82) is 0 Å². The molecule has 6 aromatic carbocycles. The Morgan fingerprint density at radius 1 is 0.625 bits per heavy atom. The Morgan fingerprint density at radius 2 is 1.06 bits per heavy atom. The predicted octanol–water partition coefficient (Wildman–Crippen LogP) is 15.6. The molecule has 0 spiro atoms. The summed E-state index contributed by atoms with van der Waals surface area (Å²) in [6, 6.07) is 40.4. The van der Waals surface area contributed by atoms with Crippen molar-refractivity contribution in [2.75, 3.05) is 29.2 Å². The van der Waals surface area contributed by atoms with Crippen LogP contribution < -0.4 is 15.1 Å². The molecule has 0 aliphatic heterocycles. The summed E-state index contributed by atoms with van der Waals surface area (Å²) in [6.07, 6.45) is 1.45. The highest BCUT2D eigenvalue weighted by atomic mass is 16.5. The maximum atomic E-state index is 14.0. The fraction of sp³-hybridized carbons (Fsp3) is 0.407. The van der Waals surface area contributed by atoms with Crippen LogP contribution in [0.15, 0.2) is 109 Å². The fourth-order valence-corrected chi connectivity index (χ4v) is 10.1. The molecule has 1 N–H and O–H groups in total. The minimum Gasteiger partial charge on any atom is -0.460 e. The maximum Gasteiger partial charge on any atom is 0.312 e. The number of rotatable bonds is 16. The molecule has 0 aliphatic rings. The fourth-order valence-electron chi connectivity index (χ4n) is 10.1. The Bertz CT molecular complexity index is 2430. The molecule has 5 nitrogen and oxygen atoms in total. The van der Waals surface area contributed by atoms with Crippen molar-refractivity contribution < 1.29 is 9.53 Å². The normalized spacial score (nSPS) is 13.8. The number of benzene rings is 6. The molecule has 0 aliphatic carbocycles. The molecule has 338 valence electrons. The van der Waals surface area contributed by atoms with Gasteiger partial charge in [-0.05, 0) is 155 Å². The summed E-state index contributed by atoms with van der Waals surface area (Å²) in [5, 5.41) is 6.10. The standard InChI is InChI=1S/C59H75N3O2/c1-17-58(12,13)36-59(14,37(2)3)57(63)64-45(11)44(10)60-53-31-30-52(50-20-18-19-21-51(50)53)54(46-22-26-48(27-23-46)61(15)55-40(6)32-38(4)33-41(55)7)47-24-28-49(29-25-47)62(16)56-42(8)34-39(5)35-43(56)9/h18-35,37,44-45,54,60H,17,36H2,1-16H3. The molecule has 0 fully saturated rings. The van der Waals surface area contributed by atoms with Crippen molar-refractivity contribution >= 4 is 45.2 Å². The highest BCUT2D eigenvalue weighted by Gasteiger charge is 2.43. The van der Waals surface area contributed by atoms with E-state index in [9.17, 15) is 4.79 Å². The van der Waals surface area contributed by atoms with Crippen LogP contribution in [-0.2, 0) is 9.53 Å². The number of carbonyl (C=O) groups excluding carboxylic acids is 1. The minimum absolute atomic E-state index is 0.0401. The van der Waals surface area contributed by atoms with Gasteiger partial charge in [0, 0.05) is 53.8 Å². The summed E-state index contributed by atoms with van der Waals surface area (Å²) in [5.74, 6) is 0.000720. The van der Waals surface area contributed by atoms with Crippen molar-refractivity contribution in [3.05, 3.63) is 159 Å². The number of fused-ring (bicyclic) bond motifs is 1. The van der Waals surface area contributed by atoms with Crippen LogP contribution in [0.1, 0.15) is 124 Å². The van der Waals surface area contributed by atoms with E-state index < -0.39 is 5.41 Å². The third-order valence-corrected chi connectivity index (χ3v) is 14.4. The lowest BCUT2D eigenvalue weighted by molar-refractivity contribution is -0.165. The molecule has 0 amide bonds. The van der Waals surface area contributed by atoms with Gasteiger partial charge in [-0.25, -0.2) is 0 Å². The van der Waals surface area contributed by atoms with Gasteiger partial charge in [-0.3, -0.25) is 4.79 Å². The average Bonchev–Trinajstić information content (AvgIpc) is 3.23. The van der Waals surface area contributed by atoms with Gasteiger partial charge in [0.25, 0.3) is 0 Å². The number of nitrogens with zero attached hydrogens (tertiary/aromatic N) is 2. The minimum atomic E-state index is -0.574. The second-order valence-electron chi connectivity index (χ2n) is 20.3. The number of carbonyl (C=O) groups is 1. The van der Waals surface area contributed by atoms with E-state index >= 15 is 0 Å². The zero-order valence-electron chi connectivity index (χ0n) is 41.8. The van der Waals surface area contributed by atoms with Crippen LogP contribution in [0.3, 0.4) is 0 Å². The van der Waals surface area contributed by atoms with Gasteiger partial charge >= 0.3 is 5.97 Å². The molecular formula is C59H75N3O2. The smallest absolute Gasteiger partial charge is 0.312 e. The van der Waals surface area contributed by atoms with Gasteiger partial charge in [0.05, 0.1) is 11.5 Å². The molecule has 0 saturated carbocycles. The second-order valence-corrected chi connectivity index (χ2v) is 20.3. The lowest BCUT2D eigenvalue weighted by Gasteiger charge is -2.39.